The average Bonchev–Trinajstić information content (AvgIpc) is 3.11. The predicted octanol–water partition coefficient (Wildman–Crippen LogP) is 2.32. The number of nitrogens with one attached hydrogen (secondary N) is 1. The van der Waals surface area contributed by atoms with Crippen LogP contribution in [0.4, 0.5) is 0 Å². The van der Waals surface area contributed by atoms with Gasteiger partial charge in [0.1, 0.15) is 12.4 Å². The monoisotopic (exact) mass is 335 g/mol. The molecule has 0 aromatic heterocycles. The SMILES string of the molecule is CC[C@@H](C)NC(=O)COC(=O)c1ccc(OC[C@H]2CCCO2)cc1. The highest BCUT2D eigenvalue weighted by Gasteiger charge is 2.16. The second kappa shape index (κ2) is 9.27. The molecule has 1 aromatic rings. The van der Waals surface area contributed by atoms with Crippen molar-refractivity contribution in [3.8, 4) is 5.75 Å². The van der Waals surface area contributed by atoms with Gasteiger partial charge in [-0.1, -0.05) is 6.92 Å². The van der Waals surface area contributed by atoms with Crippen molar-refractivity contribution in [3.05, 3.63) is 29.8 Å². The Morgan fingerprint density at radius 2 is 2.08 bits per heavy atom. The van der Waals surface area contributed by atoms with E-state index in [0.29, 0.717) is 17.9 Å². The Kier molecular flexibility index (Phi) is 7.06. The van der Waals surface area contributed by atoms with E-state index in [4.69, 9.17) is 14.2 Å². The molecule has 2 atom stereocenters. The fourth-order valence-corrected chi connectivity index (χ4v) is 2.29. The molecular formula is C18H25NO5. The molecule has 1 N–H and O–H groups in total. The summed E-state index contributed by atoms with van der Waals surface area (Å²) >= 11 is 0. The normalized spacial score (nSPS) is 18.0. The summed E-state index contributed by atoms with van der Waals surface area (Å²) in [7, 11) is 0. The van der Waals surface area contributed by atoms with E-state index in [-0.39, 0.29) is 24.7 Å². The van der Waals surface area contributed by atoms with E-state index < -0.39 is 5.97 Å². The van der Waals surface area contributed by atoms with Crippen LogP contribution in [0.5, 0.6) is 5.75 Å². The van der Waals surface area contributed by atoms with Gasteiger partial charge in [0, 0.05) is 12.6 Å². The zero-order valence-electron chi connectivity index (χ0n) is 14.2. The van der Waals surface area contributed by atoms with Gasteiger partial charge in [-0.2, -0.15) is 0 Å². The number of rotatable bonds is 8. The third kappa shape index (κ3) is 5.85. The molecule has 132 valence electrons. The minimum absolute atomic E-state index is 0.0662. The summed E-state index contributed by atoms with van der Waals surface area (Å²) in [6, 6.07) is 6.74. The first kappa shape index (κ1) is 18.3. The minimum Gasteiger partial charge on any atom is -0.491 e. The van der Waals surface area contributed by atoms with E-state index in [0.717, 1.165) is 25.9 Å². The van der Waals surface area contributed by atoms with E-state index in [9.17, 15) is 9.59 Å². The quantitative estimate of drug-likeness (QED) is 0.738. The number of carbonyl (C=O) groups excluding carboxylic acids is 2. The van der Waals surface area contributed by atoms with Crippen LogP contribution in [0.2, 0.25) is 0 Å². The molecule has 1 aliphatic rings. The molecule has 0 bridgehead atoms. The minimum atomic E-state index is -0.528. The molecule has 0 unspecified atom stereocenters. The van der Waals surface area contributed by atoms with Crippen molar-refractivity contribution in [1.29, 1.82) is 0 Å². The molecule has 2 rings (SSSR count). The molecule has 1 heterocycles. The van der Waals surface area contributed by atoms with Gasteiger partial charge >= 0.3 is 5.97 Å². The molecule has 0 radical (unpaired) electrons. The topological polar surface area (TPSA) is 73.9 Å². The molecule has 1 aliphatic heterocycles. The number of hydrogen-bond acceptors (Lipinski definition) is 5. The van der Waals surface area contributed by atoms with Crippen LogP contribution in [0.25, 0.3) is 0 Å². The van der Waals surface area contributed by atoms with Crippen molar-refractivity contribution in [2.75, 3.05) is 19.8 Å². The third-order valence-corrected chi connectivity index (χ3v) is 3.90. The summed E-state index contributed by atoms with van der Waals surface area (Å²) in [6.07, 6.45) is 3.07. The highest BCUT2D eigenvalue weighted by atomic mass is 16.5. The lowest BCUT2D eigenvalue weighted by molar-refractivity contribution is -0.124. The van der Waals surface area contributed by atoms with Crippen LogP contribution in [-0.4, -0.2) is 43.8 Å². The fraction of sp³-hybridized carbons (Fsp3) is 0.556. The van der Waals surface area contributed by atoms with Crippen molar-refractivity contribution in [1.82, 2.24) is 5.32 Å². The maximum atomic E-state index is 11.9. The average molecular weight is 335 g/mol. The number of carbonyl (C=O) groups is 2. The second-order valence-corrected chi connectivity index (χ2v) is 5.92. The zero-order valence-corrected chi connectivity index (χ0v) is 14.2. The molecule has 1 aromatic carbocycles. The molecule has 24 heavy (non-hydrogen) atoms. The van der Waals surface area contributed by atoms with Gasteiger partial charge in [-0.05, 0) is 50.5 Å². The molecule has 0 saturated carbocycles. The Labute approximate surface area is 142 Å². The number of esters is 1. The summed E-state index contributed by atoms with van der Waals surface area (Å²) in [5, 5.41) is 2.74. The highest BCUT2D eigenvalue weighted by molar-refractivity contribution is 5.91. The summed E-state index contributed by atoms with van der Waals surface area (Å²) in [5.41, 5.74) is 0.385. The molecule has 0 aliphatic carbocycles. The largest absolute Gasteiger partial charge is 0.491 e. The van der Waals surface area contributed by atoms with Gasteiger partial charge in [0.2, 0.25) is 0 Å². The summed E-state index contributed by atoms with van der Waals surface area (Å²) in [6.45, 7) is 4.90. The fourth-order valence-electron chi connectivity index (χ4n) is 2.29. The second-order valence-electron chi connectivity index (χ2n) is 5.92. The first-order chi connectivity index (χ1) is 11.6. The lowest BCUT2D eigenvalue weighted by Gasteiger charge is -2.12. The lowest BCUT2D eigenvalue weighted by atomic mass is 10.2. The number of ether oxygens (including phenoxy) is 3. The van der Waals surface area contributed by atoms with E-state index in [1.54, 1.807) is 24.3 Å². The number of amides is 1. The van der Waals surface area contributed by atoms with Crippen molar-refractivity contribution in [2.24, 2.45) is 0 Å². The van der Waals surface area contributed by atoms with Crippen LogP contribution in [0.3, 0.4) is 0 Å². The number of hydrogen-bond donors (Lipinski definition) is 1. The molecule has 0 spiro atoms. The first-order valence-electron chi connectivity index (χ1n) is 8.39. The summed E-state index contributed by atoms with van der Waals surface area (Å²) < 4.78 is 16.1. The Hall–Kier alpha value is -2.08. The Morgan fingerprint density at radius 3 is 2.71 bits per heavy atom. The van der Waals surface area contributed by atoms with Gasteiger partial charge in [-0.15, -0.1) is 0 Å². The molecule has 1 amide bonds. The first-order valence-corrected chi connectivity index (χ1v) is 8.39. The predicted molar refractivity (Wildman–Crippen MR) is 89.1 cm³/mol. The Morgan fingerprint density at radius 1 is 1.33 bits per heavy atom. The third-order valence-electron chi connectivity index (χ3n) is 3.90. The Balaban J connectivity index is 1.75. The standard InChI is InChI=1S/C18H25NO5/c1-3-13(2)19-17(20)12-24-18(21)14-6-8-15(9-7-14)23-11-16-5-4-10-22-16/h6-9,13,16H,3-5,10-12H2,1-2H3,(H,19,20)/t13-,16-/m1/s1. The van der Waals surface area contributed by atoms with E-state index in [2.05, 4.69) is 5.32 Å². The lowest BCUT2D eigenvalue weighted by Crippen LogP contribution is -2.35. The van der Waals surface area contributed by atoms with Crippen LogP contribution < -0.4 is 10.1 Å². The van der Waals surface area contributed by atoms with Gasteiger partial charge in [0.05, 0.1) is 11.7 Å². The molecule has 6 nitrogen and oxygen atoms in total. The van der Waals surface area contributed by atoms with Crippen molar-refractivity contribution in [3.63, 3.8) is 0 Å². The van der Waals surface area contributed by atoms with E-state index in [1.807, 2.05) is 13.8 Å². The maximum Gasteiger partial charge on any atom is 0.338 e. The maximum absolute atomic E-state index is 11.9. The van der Waals surface area contributed by atoms with E-state index >= 15 is 0 Å². The summed E-state index contributed by atoms with van der Waals surface area (Å²) in [4.78, 5) is 23.5. The van der Waals surface area contributed by atoms with Crippen molar-refractivity contribution < 1.29 is 23.8 Å². The summed E-state index contributed by atoms with van der Waals surface area (Å²) in [5.74, 6) is -0.147. The number of benzene rings is 1. The van der Waals surface area contributed by atoms with Gasteiger partial charge in [0.25, 0.3) is 5.91 Å². The van der Waals surface area contributed by atoms with Crippen LogP contribution in [0, 0.1) is 0 Å². The van der Waals surface area contributed by atoms with Crippen LogP contribution in [-0.2, 0) is 14.3 Å². The van der Waals surface area contributed by atoms with Crippen molar-refractivity contribution >= 4 is 11.9 Å². The van der Waals surface area contributed by atoms with Crippen molar-refractivity contribution in [2.45, 2.75) is 45.3 Å². The molecule has 1 saturated heterocycles. The van der Waals surface area contributed by atoms with Crippen LogP contribution >= 0.6 is 0 Å². The van der Waals surface area contributed by atoms with Gasteiger partial charge in [-0.3, -0.25) is 4.79 Å². The van der Waals surface area contributed by atoms with Crippen LogP contribution in [0.15, 0.2) is 24.3 Å². The molecule has 1 fully saturated rings. The van der Waals surface area contributed by atoms with Gasteiger partial charge < -0.3 is 19.5 Å². The molecule has 6 heteroatoms. The molecular weight excluding hydrogens is 310 g/mol. The van der Waals surface area contributed by atoms with E-state index in [1.165, 1.54) is 0 Å². The highest BCUT2D eigenvalue weighted by Crippen LogP contribution is 2.17. The van der Waals surface area contributed by atoms with Crippen LogP contribution in [0.1, 0.15) is 43.5 Å². The Bertz CT molecular complexity index is 537. The zero-order chi connectivity index (χ0) is 17.4. The van der Waals surface area contributed by atoms with Gasteiger partial charge in [0.15, 0.2) is 6.61 Å². The van der Waals surface area contributed by atoms with Gasteiger partial charge in [-0.25, -0.2) is 4.79 Å². The smallest absolute Gasteiger partial charge is 0.338 e.